The molecule has 1 amide bonds. The van der Waals surface area contributed by atoms with E-state index in [1.165, 1.54) is 0 Å². The zero-order valence-corrected chi connectivity index (χ0v) is 15.3. The predicted molar refractivity (Wildman–Crippen MR) is 104 cm³/mol. The molecule has 26 heavy (non-hydrogen) atoms. The molecule has 3 aromatic rings. The van der Waals surface area contributed by atoms with E-state index in [9.17, 15) is 4.79 Å². The van der Waals surface area contributed by atoms with Crippen molar-refractivity contribution < 1.29 is 4.79 Å². The van der Waals surface area contributed by atoms with Gasteiger partial charge in [0.2, 0.25) is 11.0 Å². The first-order valence-electron chi connectivity index (χ1n) is 8.66. The van der Waals surface area contributed by atoms with E-state index in [-0.39, 0.29) is 17.9 Å². The van der Waals surface area contributed by atoms with E-state index in [4.69, 9.17) is 0 Å². The van der Waals surface area contributed by atoms with Gasteiger partial charge < -0.3 is 10.2 Å². The summed E-state index contributed by atoms with van der Waals surface area (Å²) in [5.41, 5.74) is 2.01. The van der Waals surface area contributed by atoms with Gasteiger partial charge in [-0.2, -0.15) is 0 Å². The van der Waals surface area contributed by atoms with Crippen molar-refractivity contribution >= 4 is 22.4 Å². The molecule has 1 fully saturated rings. The van der Waals surface area contributed by atoms with Crippen molar-refractivity contribution in [3.63, 3.8) is 0 Å². The summed E-state index contributed by atoms with van der Waals surface area (Å²) in [5.74, 6) is -0.254. The number of carbonyl (C=O) groups excluding carboxylic acids is 1. The molecule has 2 aromatic carbocycles. The van der Waals surface area contributed by atoms with E-state index in [1.807, 2.05) is 67.6 Å². The summed E-state index contributed by atoms with van der Waals surface area (Å²) in [6, 6.07) is 20.0. The van der Waals surface area contributed by atoms with Crippen LogP contribution in [0.25, 0.3) is 0 Å². The largest absolute Gasteiger partial charge is 0.349 e. The lowest BCUT2D eigenvalue weighted by Gasteiger charge is -2.39. The molecule has 1 saturated heterocycles. The van der Waals surface area contributed by atoms with Gasteiger partial charge in [-0.25, -0.2) is 0 Å². The van der Waals surface area contributed by atoms with E-state index in [2.05, 4.69) is 20.4 Å². The van der Waals surface area contributed by atoms with Crippen LogP contribution < -0.4 is 10.2 Å². The van der Waals surface area contributed by atoms with Gasteiger partial charge in [0.1, 0.15) is 5.01 Å². The Balaban J connectivity index is 1.46. The highest BCUT2D eigenvalue weighted by molar-refractivity contribution is 7.15. The fourth-order valence-electron chi connectivity index (χ4n) is 3.21. The van der Waals surface area contributed by atoms with Gasteiger partial charge in [-0.1, -0.05) is 72.0 Å². The van der Waals surface area contributed by atoms with Gasteiger partial charge in [0.25, 0.3) is 0 Å². The van der Waals surface area contributed by atoms with Crippen molar-refractivity contribution in [3.8, 4) is 0 Å². The van der Waals surface area contributed by atoms with Crippen LogP contribution in [0.3, 0.4) is 0 Å². The van der Waals surface area contributed by atoms with Crippen LogP contribution in [0.1, 0.15) is 22.1 Å². The fourth-order valence-corrected chi connectivity index (χ4v) is 3.92. The molecule has 0 radical (unpaired) electrons. The predicted octanol–water partition coefficient (Wildman–Crippen LogP) is 2.98. The van der Waals surface area contributed by atoms with Crippen LogP contribution in [0, 0.1) is 6.92 Å². The van der Waals surface area contributed by atoms with Crippen molar-refractivity contribution in [2.45, 2.75) is 18.9 Å². The second-order valence-electron chi connectivity index (χ2n) is 6.47. The van der Waals surface area contributed by atoms with Gasteiger partial charge >= 0.3 is 0 Å². The highest BCUT2D eigenvalue weighted by Gasteiger charge is 2.32. The topological polar surface area (TPSA) is 58.1 Å². The second kappa shape index (κ2) is 7.25. The number of amides is 1. The number of carbonyl (C=O) groups is 1. The van der Waals surface area contributed by atoms with Crippen LogP contribution >= 0.6 is 11.3 Å². The maximum atomic E-state index is 13.0. The Morgan fingerprint density at radius 2 is 1.62 bits per heavy atom. The molecule has 0 saturated carbocycles. The number of anilines is 1. The number of aromatic nitrogens is 2. The molecule has 1 aliphatic heterocycles. The number of aryl methyl sites for hydroxylation is 1. The Bertz CT molecular complexity index is 836. The van der Waals surface area contributed by atoms with Crippen LogP contribution in [0.5, 0.6) is 0 Å². The molecule has 4 rings (SSSR count). The van der Waals surface area contributed by atoms with Gasteiger partial charge in [0, 0.05) is 13.1 Å². The van der Waals surface area contributed by atoms with E-state index < -0.39 is 0 Å². The third-order valence-corrected chi connectivity index (χ3v) is 5.44. The molecule has 1 aliphatic rings. The summed E-state index contributed by atoms with van der Waals surface area (Å²) in [4.78, 5) is 15.2. The Hall–Kier alpha value is -2.73. The summed E-state index contributed by atoms with van der Waals surface area (Å²) < 4.78 is 0. The summed E-state index contributed by atoms with van der Waals surface area (Å²) in [5, 5.41) is 13.3. The molecule has 0 aliphatic carbocycles. The van der Waals surface area contributed by atoms with Crippen LogP contribution in [-0.2, 0) is 4.79 Å². The van der Waals surface area contributed by atoms with Gasteiger partial charge in [-0.05, 0) is 18.1 Å². The molecule has 0 bridgehead atoms. The molecule has 0 spiro atoms. The van der Waals surface area contributed by atoms with Crippen molar-refractivity contribution in [1.82, 2.24) is 15.5 Å². The number of hydrogen-bond donors (Lipinski definition) is 1. The first kappa shape index (κ1) is 16.7. The third-order valence-electron chi connectivity index (χ3n) is 4.54. The summed E-state index contributed by atoms with van der Waals surface area (Å²) in [6.45, 7) is 3.50. The van der Waals surface area contributed by atoms with Crippen LogP contribution in [0.15, 0.2) is 60.7 Å². The lowest BCUT2D eigenvalue weighted by molar-refractivity contribution is -0.122. The number of nitrogens with zero attached hydrogens (tertiary/aromatic N) is 3. The Morgan fingerprint density at radius 1 is 1.04 bits per heavy atom. The van der Waals surface area contributed by atoms with Crippen molar-refractivity contribution in [3.05, 3.63) is 76.8 Å². The zero-order chi connectivity index (χ0) is 17.9. The Kier molecular flexibility index (Phi) is 4.67. The highest BCUT2D eigenvalue weighted by atomic mass is 32.1. The van der Waals surface area contributed by atoms with E-state index >= 15 is 0 Å². The first-order chi connectivity index (χ1) is 12.7. The smallest absolute Gasteiger partial charge is 0.232 e. The van der Waals surface area contributed by atoms with Gasteiger partial charge in [-0.15, -0.1) is 10.2 Å². The lowest BCUT2D eigenvalue weighted by Crippen LogP contribution is -2.60. The minimum absolute atomic E-state index is 0.0421. The SMILES string of the molecule is Cc1nnc(N2CC(NC(=O)C(c3ccccc3)c3ccccc3)C2)s1. The van der Waals surface area contributed by atoms with E-state index in [1.54, 1.807) is 11.3 Å². The molecule has 132 valence electrons. The number of nitrogens with one attached hydrogen (secondary N) is 1. The Morgan fingerprint density at radius 3 is 2.12 bits per heavy atom. The quantitative estimate of drug-likeness (QED) is 0.756. The van der Waals surface area contributed by atoms with Gasteiger partial charge in [-0.3, -0.25) is 4.79 Å². The monoisotopic (exact) mass is 364 g/mol. The fraction of sp³-hybridized carbons (Fsp3) is 0.250. The molecule has 2 heterocycles. The summed E-state index contributed by atoms with van der Waals surface area (Å²) >= 11 is 1.58. The molecular formula is C20H20N4OS. The minimum Gasteiger partial charge on any atom is -0.349 e. The minimum atomic E-state index is -0.296. The number of rotatable bonds is 5. The molecule has 6 heteroatoms. The molecule has 0 atom stereocenters. The van der Waals surface area contributed by atoms with Crippen molar-refractivity contribution in [1.29, 1.82) is 0 Å². The maximum Gasteiger partial charge on any atom is 0.232 e. The number of benzene rings is 2. The zero-order valence-electron chi connectivity index (χ0n) is 14.5. The summed E-state index contributed by atoms with van der Waals surface area (Å²) in [6.07, 6.45) is 0. The standard InChI is InChI=1S/C20H20N4OS/c1-14-22-23-20(26-14)24-12-17(13-24)21-19(25)18(15-8-4-2-5-9-15)16-10-6-3-7-11-16/h2-11,17-18H,12-13H2,1H3,(H,21,25). The average Bonchev–Trinajstić information content (AvgIpc) is 3.06. The molecular weight excluding hydrogens is 344 g/mol. The first-order valence-corrected chi connectivity index (χ1v) is 9.47. The highest BCUT2D eigenvalue weighted by Crippen LogP contribution is 2.27. The van der Waals surface area contributed by atoms with E-state index in [0.29, 0.717) is 0 Å². The average molecular weight is 364 g/mol. The van der Waals surface area contributed by atoms with Crippen LogP contribution in [0.4, 0.5) is 5.13 Å². The van der Waals surface area contributed by atoms with Crippen molar-refractivity contribution in [2.75, 3.05) is 18.0 Å². The van der Waals surface area contributed by atoms with E-state index in [0.717, 1.165) is 34.4 Å². The summed E-state index contributed by atoms with van der Waals surface area (Å²) in [7, 11) is 0. The van der Waals surface area contributed by atoms with Crippen LogP contribution in [-0.4, -0.2) is 35.2 Å². The molecule has 5 nitrogen and oxygen atoms in total. The normalized spacial score (nSPS) is 14.3. The third kappa shape index (κ3) is 3.46. The number of hydrogen-bond acceptors (Lipinski definition) is 5. The molecule has 1 N–H and O–H groups in total. The Labute approximate surface area is 156 Å². The molecule has 1 aromatic heterocycles. The molecule has 0 unspecified atom stereocenters. The second-order valence-corrected chi connectivity index (χ2v) is 7.63. The lowest BCUT2D eigenvalue weighted by atomic mass is 9.90. The maximum absolute atomic E-state index is 13.0. The van der Waals surface area contributed by atoms with Gasteiger partial charge in [0.05, 0.1) is 12.0 Å². The van der Waals surface area contributed by atoms with Crippen molar-refractivity contribution in [2.24, 2.45) is 0 Å². The van der Waals surface area contributed by atoms with Gasteiger partial charge in [0.15, 0.2) is 0 Å². The van der Waals surface area contributed by atoms with Crippen LogP contribution in [0.2, 0.25) is 0 Å².